The lowest BCUT2D eigenvalue weighted by Gasteiger charge is -2.15. The van der Waals surface area contributed by atoms with Crippen molar-refractivity contribution in [3.05, 3.63) is 35.4 Å². The van der Waals surface area contributed by atoms with E-state index >= 15 is 0 Å². The molecule has 0 atom stereocenters. The molecular weight excluding hydrogens is 234 g/mol. The van der Waals surface area contributed by atoms with Crippen LogP contribution in [-0.2, 0) is 10.2 Å². The molecule has 0 radical (unpaired) electrons. The average molecular weight is 247 g/mol. The van der Waals surface area contributed by atoms with Gasteiger partial charge in [0.2, 0.25) is 0 Å². The van der Waals surface area contributed by atoms with Gasteiger partial charge in [0.05, 0.1) is 5.41 Å². The summed E-state index contributed by atoms with van der Waals surface area (Å²) in [6.07, 6.45) is 0. The van der Waals surface area contributed by atoms with Gasteiger partial charge in [0.15, 0.2) is 10.9 Å². The molecule has 0 spiro atoms. The van der Waals surface area contributed by atoms with Gasteiger partial charge in [-0.25, -0.2) is 0 Å². The van der Waals surface area contributed by atoms with Crippen molar-refractivity contribution in [1.29, 1.82) is 0 Å². The Kier molecular flexibility index (Phi) is 2.71. The monoisotopic (exact) mass is 247 g/mol. The second-order valence-electron chi connectivity index (χ2n) is 4.44. The highest BCUT2D eigenvalue weighted by molar-refractivity contribution is 7.80. The van der Waals surface area contributed by atoms with E-state index in [1.807, 2.05) is 38.1 Å². The smallest absolute Gasteiger partial charge is 0.193 e. The largest absolute Gasteiger partial charge is 0.375 e. The first-order valence-corrected chi connectivity index (χ1v) is 5.63. The molecule has 1 aliphatic carbocycles. The summed E-state index contributed by atoms with van der Waals surface area (Å²) in [5.41, 5.74) is 9.44. The van der Waals surface area contributed by atoms with Gasteiger partial charge in [-0.15, -0.1) is 0 Å². The van der Waals surface area contributed by atoms with Crippen LogP contribution in [-0.4, -0.2) is 16.6 Å². The van der Waals surface area contributed by atoms with Crippen molar-refractivity contribution in [1.82, 2.24) is 5.43 Å². The number of Topliss-reactive ketones (excluding diaryl/α,β-unsaturated/α-hetero) is 1. The number of nitrogens with one attached hydrogen (secondary N) is 1. The van der Waals surface area contributed by atoms with E-state index in [9.17, 15) is 4.79 Å². The van der Waals surface area contributed by atoms with Crippen LogP contribution >= 0.6 is 12.2 Å². The summed E-state index contributed by atoms with van der Waals surface area (Å²) < 4.78 is 0. The number of rotatable bonds is 1. The Hall–Kier alpha value is -1.75. The van der Waals surface area contributed by atoms with Crippen LogP contribution in [0.3, 0.4) is 0 Å². The standard InChI is InChI=1S/C12H13N3OS/c1-12(2)8-6-4-3-5-7(8)9(10(12)16)14-15-11(13)17/h3-6H,1-2H3,(H3,13,15,17). The molecular formula is C12H13N3OS. The molecule has 0 saturated heterocycles. The number of hydrogen-bond donors (Lipinski definition) is 2. The van der Waals surface area contributed by atoms with Crippen molar-refractivity contribution >= 4 is 28.8 Å². The molecule has 0 unspecified atom stereocenters. The number of nitrogens with zero attached hydrogens (tertiary/aromatic N) is 1. The van der Waals surface area contributed by atoms with Gasteiger partial charge >= 0.3 is 0 Å². The SMILES string of the molecule is CC1(C)C(=O)C(=NNC(N)=S)c2ccccc21. The molecule has 5 heteroatoms. The number of carbonyl (C=O) groups excluding carboxylic acids is 1. The molecule has 0 bridgehead atoms. The van der Waals surface area contributed by atoms with E-state index in [0.717, 1.165) is 11.1 Å². The summed E-state index contributed by atoms with van der Waals surface area (Å²) in [5, 5.41) is 4.04. The van der Waals surface area contributed by atoms with Crippen molar-refractivity contribution in [3.8, 4) is 0 Å². The summed E-state index contributed by atoms with van der Waals surface area (Å²) in [6.45, 7) is 3.77. The molecule has 0 amide bonds. The molecule has 17 heavy (non-hydrogen) atoms. The van der Waals surface area contributed by atoms with Gasteiger partial charge in [0.1, 0.15) is 5.71 Å². The minimum absolute atomic E-state index is 0.0255. The second-order valence-corrected chi connectivity index (χ2v) is 4.88. The van der Waals surface area contributed by atoms with Crippen LogP contribution in [0, 0.1) is 0 Å². The number of thiocarbonyl (C=S) groups is 1. The number of fused-ring (bicyclic) bond motifs is 1. The predicted octanol–water partition coefficient (Wildman–Crippen LogP) is 1.08. The first-order valence-electron chi connectivity index (χ1n) is 5.22. The van der Waals surface area contributed by atoms with Crippen LogP contribution in [0.25, 0.3) is 0 Å². The molecule has 4 nitrogen and oxygen atoms in total. The van der Waals surface area contributed by atoms with Gasteiger partial charge < -0.3 is 5.73 Å². The van der Waals surface area contributed by atoms with Crippen molar-refractivity contribution in [2.45, 2.75) is 19.3 Å². The number of hydrogen-bond acceptors (Lipinski definition) is 3. The summed E-state index contributed by atoms with van der Waals surface area (Å²) in [4.78, 5) is 12.2. The number of benzene rings is 1. The van der Waals surface area contributed by atoms with E-state index in [0.29, 0.717) is 5.71 Å². The van der Waals surface area contributed by atoms with Crippen LogP contribution in [0.15, 0.2) is 29.4 Å². The second kappa shape index (κ2) is 3.92. The zero-order valence-electron chi connectivity index (χ0n) is 9.65. The van der Waals surface area contributed by atoms with Crippen molar-refractivity contribution in [2.24, 2.45) is 10.8 Å². The Balaban J connectivity index is 2.54. The van der Waals surface area contributed by atoms with Gasteiger partial charge in [-0.05, 0) is 31.6 Å². The first kappa shape index (κ1) is 11.7. The van der Waals surface area contributed by atoms with Crippen LogP contribution in [0.4, 0.5) is 0 Å². The van der Waals surface area contributed by atoms with Crippen molar-refractivity contribution in [3.63, 3.8) is 0 Å². The van der Waals surface area contributed by atoms with Crippen LogP contribution < -0.4 is 11.2 Å². The van der Waals surface area contributed by atoms with E-state index in [2.05, 4.69) is 22.7 Å². The van der Waals surface area contributed by atoms with E-state index in [1.54, 1.807) is 0 Å². The fourth-order valence-electron chi connectivity index (χ4n) is 2.00. The molecule has 0 fully saturated rings. The number of hydrazone groups is 1. The number of ketones is 1. The maximum Gasteiger partial charge on any atom is 0.193 e. The Morgan fingerprint density at radius 1 is 1.41 bits per heavy atom. The third kappa shape index (κ3) is 1.82. The normalized spacial score (nSPS) is 19.2. The molecule has 0 aromatic heterocycles. The molecule has 1 aromatic carbocycles. The maximum absolute atomic E-state index is 12.2. The fraction of sp³-hybridized carbons (Fsp3) is 0.250. The van der Waals surface area contributed by atoms with Crippen molar-refractivity contribution in [2.75, 3.05) is 0 Å². The minimum atomic E-state index is -0.548. The van der Waals surface area contributed by atoms with Gasteiger partial charge in [-0.2, -0.15) is 5.10 Å². The van der Waals surface area contributed by atoms with Gasteiger partial charge in [-0.3, -0.25) is 10.2 Å². The molecule has 2 rings (SSSR count). The molecule has 0 saturated carbocycles. The highest BCUT2D eigenvalue weighted by Crippen LogP contribution is 2.35. The van der Waals surface area contributed by atoms with Crippen LogP contribution in [0.2, 0.25) is 0 Å². The lowest BCUT2D eigenvalue weighted by Crippen LogP contribution is -2.30. The first-order chi connectivity index (χ1) is 7.94. The van der Waals surface area contributed by atoms with E-state index < -0.39 is 5.41 Å². The summed E-state index contributed by atoms with van der Waals surface area (Å²) in [5.74, 6) is -0.0255. The van der Waals surface area contributed by atoms with Gasteiger partial charge in [0.25, 0.3) is 0 Å². The Labute approximate surface area is 105 Å². The van der Waals surface area contributed by atoms with E-state index in [4.69, 9.17) is 5.73 Å². The summed E-state index contributed by atoms with van der Waals surface area (Å²) in [7, 11) is 0. The lowest BCUT2D eigenvalue weighted by atomic mass is 9.86. The minimum Gasteiger partial charge on any atom is -0.375 e. The van der Waals surface area contributed by atoms with Crippen LogP contribution in [0.5, 0.6) is 0 Å². The summed E-state index contributed by atoms with van der Waals surface area (Å²) in [6, 6.07) is 7.61. The quantitative estimate of drug-likeness (QED) is 0.575. The molecule has 1 aromatic rings. The Morgan fingerprint density at radius 3 is 2.71 bits per heavy atom. The Bertz CT molecular complexity index is 534. The molecule has 0 aliphatic heterocycles. The van der Waals surface area contributed by atoms with Gasteiger partial charge in [-0.1, -0.05) is 24.3 Å². The average Bonchev–Trinajstić information content (AvgIpc) is 2.47. The lowest BCUT2D eigenvalue weighted by molar-refractivity contribution is -0.116. The zero-order chi connectivity index (χ0) is 12.6. The van der Waals surface area contributed by atoms with E-state index in [-0.39, 0.29) is 10.9 Å². The zero-order valence-corrected chi connectivity index (χ0v) is 10.5. The maximum atomic E-state index is 12.2. The molecule has 3 N–H and O–H groups in total. The Morgan fingerprint density at radius 2 is 2.06 bits per heavy atom. The topological polar surface area (TPSA) is 67.5 Å². The highest BCUT2D eigenvalue weighted by atomic mass is 32.1. The number of carbonyl (C=O) groups is 1. The highest BCUT2D eigenvalue weighted by Gasteiger charge is 2.42. The molecule has 0 heterocycles. The third-order valence-electron chi connectivity index (χ3n) is 2.92. The summed E-state index contributed by atoms with van der Waals surface area (Å²) >= 11 is 4.67. The predicted molar refractivity (Wildman–Crippen MR) is 70.9 cm³/mol. The molecule has 88 valence electrons. The van der Waals surface area contributed by atoms with E-state index in [1.165, 1.54) is 0 Å². The fourth-order valence-corrected chi connectivity index (χ4v) is 2.04. The molecule has 1 aliphatic rings. The third-order valence-corrected chi connectivity index (χ3v) is 3.01. The van der Waals surface area contributed by atoms with Crippen LogP contribution in [0.1, 0.15) is 25.0 Å². The number of nitrogens with two attached hydrogens (primary N) is 1. The van der Waals surface area contributed by atoms with Gasteiger partial charge in [0, 0.05) is 5.56 Å². The van der Waals surface area contributed by atoms with Crippen molar-refractivity contribution < 1.29 is 4.79 Å².